The first-order chi connectivity index (χ1) is 4.34. The van der Waals surface area contributed by atoms with E-state index in [0.717, 1.165) is 0 Å². The number of hydrogen-bond acceptors (Lipinski definition) is 1. The maximum Gasteiger partial charge on any atom is 0.0636 e. The van der Waals surface area contributed by atoms with Crippen LogP contribution < -0.4 is 0 Å². The first-order valence-electron chi connectivity index (χ1n) is 3.08. The van der Waals surface area contributed by atoms with Crippen LogP contribution in [0.5, 0.6) is 0 Å². The predicted molar refractivity (Wildman–Crippen MR) is 36.2 cm³/mol. The third-order valence-corrected chi connectivity index (χ3v) is 1.40. The molecule has 0 aromatic carbocycles. The molecule has 0 fully saturated rings. The second-order valence-electron chi connectivity index (χ2n) is 2.16. The van der Waals surface area contributed by atoms with Gasteiger partial charge in [0.1, 0.15) is 0 Å². The lowest BCUT2D eigenvalue weighted by atomic mass is 10.4. The first-order valence-corrected chi connectivity index (χ1v) is 3.08. The van der Waals surface area contributed by atoms with Crippen molar-refractivity contribution in [1.29, 1.82) is 0 Å². The van der Waals surface area contributed by atoms with Crippen LogP contribution in [0.2, 0.25) is 0 Å². The van der Waals surface area contributed by atoms with Gasteiger partial charge in [-0.1, -0.05) is 0 Å². The minimum Gasteiger partial charge on any atom is -0.394 e. The summed E-state index contributed by atoms with van der Waals surface area (Å²) in [6.07, 6.45) is 3.89. The monoisotopic (exact) mass is 125 g/mol. The van der Waals surface area contributed by atoms with Gasteiger partial charge >= 0.3 is 0 Å². The summed E-state index contributed by atoms with van der Waals surface area (Å²) in [6, 6.07) is 4.11. The Bertz CT molecular complexity index is 157. The van der Waals surface area contributed by atoms with Crippen LogP contribution in [-0.2, 0) is 0 Å². The van der Waals surface area contributed by atoms with Gasteiger partial charge in [-0.25, -0.2) is 0 Å². The van der Waals surface area contributed by atoms with E-state index in [-0.39, 0.29) is 12.6 Å². The molecule has 1 rings (SSSR count). The van der Waals surface area contributed by atoms with Crippen LogP contribution in [0.25, 0.3) is 0 Å². The van der Waals surface area contributed by atoms with Gasteiger partial charge in [0.25, 0.3) is 0 Å². The molecule has 0 saturated carbocycles. The van der Waals surface area contributed by atoms with Crippen molar-refractivity contribution in [3.63, 3.8) is 0 Å². The highest BCUT2D eigenvalue weighted by Crippen LogP contribution is 2.02. The molecule has 9 heavy (non-hydrogen) atoms. The number of hydrogen-bond donors (Lipinski definition) is 1. The lowest BCUT2D eigenvalue weighted by molar-refractivity contribution is 0.239. The van der Waals surface area contributed by atoms with Crippen LogP contribution in [0.3, 0.4) is 0 Å². The van der Waals surface area contributed by atoms with E-state index in [1.165, 1.54) is 0 Å². The molecule has 0 radical (unpaired) electrons. The Morgan fingerprint density at radius 3 is 2.44 bits per heavy atom. The van der Waals surface area contributed by atoms with Crippen molar-refractivity contribution < 1.29 is 5.11 Å². The molecule has 50 valence electrons. The van der Waals surface area contributed by atoms with Crippen LogP contribution in [0.1, 0.15) is 13.0 Å². The summed E-state index contributed by atoms with van der Waals surface area (Å²) in [5, 5.41) is 8.69. The Labute approximate surface area is 54.7 Å². The molecule has 0 saturated heterocycles. The zero-order chi connectivity index (χ0) is 6.69. The molecule has 0 spiro atoms. The summed E-state index contributed by atoms with van der Waals surface area (Å²) in [4.78, 5) is 0. The Hall–Kier alpha value is -0.760. The molecule has 1 atom stereocenters. The normalized spacial score (nSPS) is 13.6. The number of rotatable bonds is 2. The Morgan fingerprint density at radius 2 is 2.00 bits per heavy atom. The zero-order valence-corrected chi connectivity index (χ0v) is 5.49. The van der Waals surface area contributed by atoms with Gasteiger partial charge in [-0.15, -0.1) is 0 Å². The van der Waals surface area contributed by atoms with Crippen molar-refractivity contribution in [1.82, 2.24) is 4.57 Å². The Kier molecular flexibility index (Phi) is 1.90. The molecule has 1 heterocycles. The summed E-state index contributed by atoms with van der Waals surface area (Å²) in [7, 11) is 0. The molecule has 2 nitrogen and oxygen atoms in total. The Balaban J connectivity index is 2.65. The molecule has 2 heteroatoms. The van der Waals surface area contributed by atoms with Crippen molar-refractivity contribution >= 4 is 0 Å². The third kappa shape index (κ3) is 1.33. The maximum atomic E-state index is 8.69. The highest BCUT2D eigenvalue weighted by atomic mass is 16.3. The smallest absolute Gasteiger partial charge is 0.0636 e. The topological polar surface area (TPSA) is 25.2 Å². The van der Waals surface area contributed by atoms with Gasteiger partial charge in [-0.05, 0) is 19.1 Å². The van der Waals surface area contributed by atoms with E-state index in [1.54, 1.807) is 0 Å². The second kappa shape index (κ2) is 2.69. The van der Waals surface area contributed by atoms with Gasteiger partial charge in [0.2, 0.25) is 0 Å². The van der Waals surface area contributed by atoms with Gasteiger partial charge in [0.05, 0.1) is 12.6 Å². The number of aliphatic hydroxyl groups is 1. The molecular formula is C7H11NO. The Morgan fingerprint density at radius 1 is 1.44 bits per heavy atom. The van der Waals surface area contributed by atoms with Crippen LogP contribution in [0, 0.1) is 0 Å². The van der Waals surface area contributed by atoms with Gasteiger partial charge in [0.15, 0.2) is 0 Å². The molecule has 1 aromatic heterocycles. The van der Waals surface area contributed by atoms with E-state index in [9.17, 15) is 0 Å². The van der Waals surface area contributed by atoms with Crippen LogP contribution in [-0.4, -0.2) is 16.3 Å². The fourth-order valence-corrected chi connectivity index (χ4v) is 0.736. The van der Waals surface area contributed by atoms with E-state index in [0.29, 0.717) is 0 Å². The largest absolute Gasteiger partial charge is 0.394 e. The standard InChI is InChI=1S/C7H11NO/c1-7(6-9)8-4-2-3-5-8/h2-5,7,9H,6H2,1H3/t7-/m0/s1. The number of aromatic nitrogens is 1. The predicted octanol–water partition coefficient (Wildman–Crippen LogP) is 1.04. The van der Waals surface area contributed by atoms with Gasteiger partial charge < -0.3 is 9.67 Å². The van der Waals surface area contributed by atoms with E-state index in [1.807, 2.05) is 36.0 Å². The van der Waals surface area contributed by atoms with Gasteiger partial charge in [0, 0.05) is 12.4 Å². The average Bonchev–Trinajstić information content (AvgIpc) is 2.37. The SMILES string of the molecule is C[C@@H](CO)n1cccc1. The average molecular weight is 125 g/mol. The fourth-order valence-electron chi connectivity index (χ4n) is 0.736. The molecule has 0 aliphatic carbocycles. The lowest BCUT2D eigenvalue weighted by Crippen LogP contribution is -2.05. The fraction of sp³-hybridized carbons (Fsp3) is 0.429. The van der Waals surface area contributed by atoms with Crippen molar-refractivity contribution in [2.24, 2.45) is 0 Å². The van der Waals surface area contributed by atoms with E-state index in [2.05, 4.69) is 0 Å². The highest BCUT2D eigenvalue weighted by Gasteiger charge is 1.97. The molecule has 0 aliphatic heterocycles. The van der Waals surface area contributed by atoms with Gasteiger partial charge in [-0.2, -0.15) is 0 Å². The van der Waals surface area contributed by atoms with Crippen molar-refractivity contribution in [2.45, 2.75) is 13.0 Å². The molecule has 0 aliphatic rings. The van der Waals surface area contributed by atoms with Crippen molar-refractivity contribution in [2.75, 3.05) is 6.61 Å². The van der Waals surface area contributed by atoms with Crippen LogP contribution in [0.15, 0.2) is 24.5 Å². The van der Waals surface area contributed by atoms with E-state index in [4.69, 9.17) is 5.11 Å². The van der Waals surface area contributed by atoms with Gasteiger partial charge in [-0.3, -0.25) is 0 Å². The molecular weight excluding hydrogens is 114 g/mol. The summed E-state index contributed by atoms with van der Waals surface area (Å²) in [5.74, 6) is 0. The summed E-state index contributed by atoms with van der Waals surface area (Å²) >= 11 is 0. The maximum absolute atomic E-state index is 8.69. The molecule has 1 N–H and O–H groups in total. The summed E-state index contributed by atoms with van der Waals surface area (Å²) in [6.45, 7) is 2.18. The number of aliphatic hydroxyl groups excluding tert-OH is 1. The molecule has 0 unspecified atom stereocenters. The highest BCUT2D eigenvalue weighted by molar-refractivity contribution is 4.92. The summed E-state index contributed by atoms with van der Waals surface area (Å²) in [5.41, 5.74) is 0. The third-order valence-electron chi connectivity index (χ3n) is 1.40. The molecule has 0 amide bonds. The molecule has 0 bridgehead atoms. The number of nitrogens with zero attached hydrogens (tertiary/aromatic N) is 1. The van der Waals surface area contributed by atoms with Crippen LogP contribution in [0.4, 0.5) is 0 Å². The van der Waals surface area contributed by atoms with Crippen LogP contribution >= 0.6 is 0 Å². The summed E-state index contributed by atoms with van der Waals surface area (Å²) < 4.78 is 1.97. The minimum absolute atomic E-state index is 0.203. The minimum atomic E-state index is 0.203. The first kappa shape index (κ1) is 6.36. The van der Waals surface area contributed by atoms with E-state index >= 15 is 0 Å². The quantitative estimate of drug-likeness (QED) is 0.627. The molecule has 1 aromatic rings. The second-order valence-corrected chi connectivity index (χ2v) is 2.16. The van der Waals surface area contributed by atoms with E-state index < -0.39 is 0 Å². The lowest BCUT2D eigenvalue weighted by Gasteiger charge is -2.08. The zero-order valence-electron chi connectivity index (χ0n) is 5.49. The van der Waals surface area contributed by atoms with Crippen molar-refractivity contribution in [3.05, 3.63) is 24.5 Å². The van der Waals surface area contributed by atoms with Crippen molar-refractivity contribution in [3.8, 4) is 0 Å².